The Morgan fingerprint density at radius 1 is 1.23 bits per heavy atom. The van der Waals surface area contributed by atoms with Crippen LogP contribution in [0.5, 0.6) is 5.75 Å². The number of ether oxygens (including phenoxy) is 1. The molecule has 0 bridgehead atoms. The van der Waals surface area contributed by atoms with E-state index in [1.165, 1.54) is 0 Å². The van der Waals surface area contributed by atoms with Crippen LogP contribution in [0.2, 0.25) is 0 Å². The van der Waals surface area contributed by atoms with Crippen molar-refractivity contribution in [2.24, 2.45) is 11.1 Å². The largest absolute Gasteiger partial charge is 0.491 e. The number of hydrogen-bond acceptors (Lipinski definition) is 3. The highest BCUT2D eigenvalue weighted by molar-refractivity contribution is 5.85. The summed E-state index contributed by atoms with van der Waals surface area (Å²) in [5, 5.41) is 2.94. The Morgan fingerprint density at radius 3 is 2.23 bits per heavy atom. The molecule has 0 unspecified atom stereocenters. The average molecular weight is 329 g/mol. The number of halogens is 1. The first kappa shape index (κ1) is 20.7. The molecule has 4 nitrogen and oxygen atoms in total. The number of rotatable bonds is 8. The molecule has 1 amide bonds. The summed E-state index contributed by atoms with van der Waals surface area (Å²) in [6.07, 6.45) is 1.51. The molecule has 3 N–H and O–H groups in total. The first-order valence-electron chi connectivity index (χ1n) is 7.68. The Bertz CT molecular complexity index is 445. The maximum Gasteiger partial charge on any atom is 0.227 e. The van der Waals surface area contributed by atoms with Gasteiger partial charge in [-0.3, -0.25) is 4.79 Å². The van der Waals surface area contributed by atoms with Crippen LogP contribution in [0.3, 0.4) is 0 Å². The Labute approximate surface area is 140 Å². The molecular weight excluding hydrogens is 300 g/mol. The average Bonchev–Trinajstić information content (AvgIpc) is 2.48. The molecule has 0 aromatic heterocycles. The van der Waals surface area contributed by atoms with Gasteiger partial charge in [0.15, 0.2) is 0 Å². The van der Waals surface area contributed by atoms with E-state index in [-0.39, 0.29) is 18.3 Å². The third kappa shape index (κ3) is 4.89. The van der Waals surface area contributed by atoms with Crippen LogP contribution in [0, 0.1) is 19.3 Å². The molecule has 0 aliphatic rings. The minimum absolute atomic E-state index is 0. The lowest BCUT2D eigenvalue weighted by Crippen LogP contribution is -2.46. The van der Waals surface area contributed by atoms with Crippen LogP contribution in [0.1, 0.15) is 37.8 Å². The summed E-state index contributed by atoms with van der Waals surface area (Å²) in [5.41, 5.74) is 7.55. The van der Waals surface area contributed by atoms with Crippen LogP contribution in [0.15, 0.2) is 18.2 Å². The second-order valence-electron chi connectivity index (χ2n) is 5.52. The van der Waals surface area contributed by atoms with E-state index >= 15 is 0 Å². The summed E-state index contributed by atoms with van der Waals surface area (Å²) in [5.74, 6) is 0.933. The summed E-state index contributed by atoms with van der Waals surface area (Å²) in [6.45, 7) is 9.39. The Morgan fingerprint density at radius 2 is 1.77 bits per heavy atom. The molecule has 0 spiro atoms. The molecule has 126 valence electrons. The van der Waals surface area contributed by atoms with Crippen LogP contribution in [-0.2, 0) is 4.79 Å². The molecule has 0 saturated heterocycles. The van der Waals surface area contributed by atoms with Gasteiger partial charge in [0.1, 0.15) is 12.4 Å². The van der Waals surface area contributed by atoms with Crippen LogP contribution in [0.25, 0.3) is 0 Å². The SMILES string of the molecule is CCC(CC)(CN)C(=O)NCCOc1c(C)cccc1C.Cl. The molecule has 0 aliphatic heterocycles. The minimum atomic E-state index is -0.446. The van der Waals surface area contributed by atoms with Crippen LogP contribution in [0.4, 0.5) is 0 Å². The monoisotopic (exact) mass is 328 g/mol. The Balaban J connectivity index is 0.00000441. The van der Waals surface area contributed by atoms with Gasteiger partial charge < -0.3 is 15.8 Å². The normalized spacial score (nSPS) is 10.8. The molecule has 22 heavy (non-hydrogen) atoms. The van der Waals surface area contributed by atoms with E-state index in [4.69, 9.17) is 10.5 Å². The standard InChI is InChI=1S/C17H28N2O2.ClH/c1-5-17(6-2,12-18)16(20)19-10-11-21-15-13(3)8-7-9-14(15)4;/h7-9H,5-6,10-12,18H2,1-4H3,(H,19,20);1H. The van der Waals surface area contributed by atoms with Gasteiger partial charge in [0.25, 0.3) is 0 Å². The molecule has 1 rings (SSSR count). The Hall–Kier alpha value is -1.26. The van der Waals surface area contributed by atoms with Gasteiger partial charge in [-0.25, -0.2) is 0 Å². The number of nitrogens with one attached hydrogen (secondary N) is 1. The maximum absolute atomic E-state index is 12.3. The second kappa shape index (κ2) is 9.70. The van der Waals surface area contributed by atoms with Gasteiger partial charge in [-0.05, 0) is 37.8 Å². The van der Waals surface area contributed by atoms with Gasteiger partial charge in [0.2, 0.25) is 5.91 Å². The predicted octanol–water partition coefficient (Wildman–Crippen LogP) is 2.99. The smallest absolute Gasteiger partial charge is 0.227 e. The van der Waals surface area contributed by atoms with Crippen molar-refractivity contribution in [1.82, 2.24) is 5.32 Å². The van der Waals surface area contributed by atoms with Gasteiger partial charge >= 0.3 is 0 Å². The number of nitrogens with two attached hydrogens (primary N) is 1. The van der Waals surface area contributed by atoms with E-state index in [1.807, 2.05) is 45.9 Å². The van der Waals surface area contributed by atoms with Crippen molar-refractivity contribution in [1.29, 1.82) is 0 Å². The summed E-state index contributed by atoms with van der Waals surface area (Å²) < 4.78 is 5.79. The summed E-state index contributed by atoms with van der Waals surface area (Å²) >= 11 is 0. The summed E-state index contributed by atoms with van der Waals surface area (Å²) in [6, 6.07) is 6.06. The van der Waals surface area contributed by atoms with Crippen molar-refractivity contribution < 1.29 is 9.53 Å². The zero-order chi connectivity index (χ0) is 15.9. The van der Waals surface area contributed by atoms with Crippen molar-refractivity contribution in [3.05, 3.63) is 29.3 Å². The number of carbonyl (C=O) groups excluding carboxylic acids is 1. The Kier molecular flexibility index (Phi) is 9.14. The summed E-state index contributed by atoms with van der Waals surface area (Å²) in [7, 11) is 0. The number of amides is 1. The highest BCUT2D eigenvalue weighted by Crippen LogP contribution is 2.25. The molecule has 0 heterocycles. The highest BCUT2D eigenvalue weighted by atomic mass is 35.5. The van der Waals surface area contributed by atoms with Crippen molar-refractivity contribution in [3.8, 4) is 5.75 Å². The van der Waals surface area contributed by atoms with Crippen LogP contribution < -0.4 is 15.8 Å². The van der Waals surface area contributed by atoms with Crippen molar-refractivity contribution >= 4 is 18.3 Å². The molecule has 0 saturated carbocycles. The zero-order valence-electron chi connectivity index (χ0n) is 14.1. The summed E-state index contributed by atoms with van der Waals surface area (Å²) in [4.78, 5) is 12.3. The molecular formula is C17H29ClN2O2. The molecule has 5 heteroatoms. The molecule has 0 radical (unpaired) electrons. The quantitative estimate of drug-likeness (QED) is 0.721. The third-order valence-electron chi connectivity index (χ3n) is 4.27. The number of hydrogen-bond donors (Lipinski definition) is 2. The lowest BCUT2D eigenvalue weighted by atomic mass is 9.81. The first-order valence-corrected chi connectivity index (χ1v) is 7.68. The molecule has 1 aromatic carbocycles. The van der Waals surface area contributed by atoms with Crippen molar-refractivity contribution in [2.45, 2.75) is 40.5 Å². The third-order valence-corrected chi connectivity index (χ3v) is 4.27. The molecule has 0 fully saturated rings. The number of carbonyl (C=O) groups is 1. The van der Waals surface area contributed by atoms with Gasteiger partial charge in [-0.1, -0.05) is 32.0 Å². The lowest BCUT2D eigenvalue weighted by molar-refractivity contribution is -0.131. The highest BCUT2D eigenvalue weighted by Gasteiger charge is 2.32. The van der Waals surface area contributed by atoms with E-state index in [0.717, 1.165) is 29.7 Å². The number of aryl methyl sites for hydroxylation is 2. The fourth-order valence-electron chi connectivity index (χ4n) is 2.48. The van der Waals surface area contributed by atoms with Gasteiger partial charge in [-0.2, -0.15) is 0 Å². The second-order valence-corrected chi connectivity index (χ2v) is 5.52. The van der Waals surface area contributed by atoms with Gasteiger partial charge in [0.05, 0.1) is 12.0 Å². The molecule has 1 aromatic rings. The maximum atomic E-state index is 12.3. The fraction of sp³-hybridized carbons (Fsp3) is 0.588. The van der Waals surface area contributed by atoms with E-state index in [0.29, 0.717) is 19.7 Å². The van der Waals surface area contributed by atoms with Crippen LogP contribution >= 0.6 is 12.4 Å². The molecule has 0 aliphatic carbocycles. The fourth-order valence-corrected chi connectivity index (χ4v) is 2.48. The van der Waals surface area contributed by atoms with Gasteiger partial charge in [0, 0.05) is 6.54 Å². The topological polar surface area (TPSA) is 64.4 Å². The lowest BCUT2D eigenvalue weighted by Gasteiger charge is -2.28. The van der Waals surface area contributed by atoms with E-state index in [2.05, 4.69) is 5.32 Å². The van der Waals surface area contributed by atoms with E-state index in [1.54, 1.807) is 0 Å². The first-order chi connectivity index (χ1) is 10.0. The number of benzene rings is 1. The van der Waals surface area contributed by atoms with Crippen LogP contribution in [-0.4, -0.2) is 25.6 Å². The molecule has 0 atom stereocenters. The van der Waals surface area contributed by atoms with Gasteiger partial charge in [-0.15, -0.1) is 12.4 Å². The number of para-hydroxylation sites is 1. The zero-order valence-corrected chi connectivity index (χ0v) is 14.9. The van der Waals surface area contributed by atoms with Crippen molar-refractivity contribution in [2.75, 3.05) is 19.7 Å². The van der Waals surface area contributed by atoms with E-state index in [9.17, 15) is 4.79 Å². The van der Waals surface area contributed by atoms with E-state index < -0.39 is 5.41 Å². The predicted molar refractivity (Wildman–Crippen MR) is 93.7 cm³/mol. The van der Waals surface area contributed by atoms with Crippen molar-refractivity contribution in [3.63, 3.8) is 0 Å². The minimum Gasteiger partial charge on any atom is -0.491 e.